The van der Waals surface area contributed by atoms with Crippen LogP contribution >= 0.6 is 0 Å². The van der Waals surface area contributed by atoms with Crippen molar-refractivity contribution < 1.29 is 37.3 Å². The van der Waals surface area contributed by atoms with Gasteiger partial charge in [-0.15, -0.1) is 0 Å². The van der Waals surface area contributed by atoms with Crippen LogP contribution in [0.3, 0.4) is 0 Å². The second-order valence-corrected chi connectivity index (χ2v) is 6.80. The highest BCUT2D eigenvalue weighted by atomic mass is 19.4. The zero-order valence-corrected chi connectivity index (χ0v) is 15.7. The molecule has 0 spiro atoms. The predicted octanol–water partition coefficient (Wildman–Crippen LogP) is 2.48. The number of para-hydroxylation sites is 1. The van der Waals surface area contributed by atoms with Crippen LogP contribution in [0.15, 0.2) is 18.2 Å². The van der Waals surface area contributed by atoms with Crippen LogP contribution in [0.25, 0.3) is 0 Å². The van der Waals surface area contributed by atoms with E-state index in [2.05, 4.69) is 0 Å². The highest BCUT2D eigenvalue weighted by Crippen LogP contribution is 2.40. The van der Waals surface area contributed by atoms with Crippen LogP contribution in [0.4, 0.5) is 18.0 Å². The van der Waals surface area contributed by atoms with E-state index in [-0.39, 0.29) is 31.8 Å². The number of benzene rings is 1. The lowest BCUT2D eigenvalue weighted by atomic mass is 10.0. The third-order valence-corrected chi connectivity index (χ3v) is 4.45. The first kappa shape index (κ1) is 22.0. The molecule has 1 aromatic rings. The van der Waals surface area contributed by atoms with Crippen molar-refractivity contribution in [3.63, 3.8) is 0 Å². The Bertz CT molecular complexity index is 705. The molecular weight excluding hydrogens is 381 g/mol. The van der Waals surface area contributed by atoms with Gasteiger partial charge in [0, 0.05) is 45.4 Å². The van der Waals surface area contributed by atoms with E-state index in [1.165, 1.54) is 31.1 Å². The molecule has 0 unspecified atom stereocenters. The standard InChI is InChI=1S/C18H23F3N2O5/c1-17(11-24,12-27-2)28-15-13(4-3-5-14(15)18(19,20)21)10-22-6-8-23(9-7-22)16(25)26/h3-5,11H,6-10,12H2,1-2H3,(H,25,26)/t17-/m1/s1. The molecular formula is C18H23F3N2O5. The summed E-state index contributed by atoms with van der Waals surface area (Å²) in [7, 11) is 1.32. The Morgan fingerprint density at radius 3 is 2.39 bits per heavy atom. The molecule has 0 radical (unpaired) electrons. The van der Waals surface area contributed by atoms with E-state index in [0.717, 1.165) is 6.07 Å². The molecule has 1 aromatic carbocycles. The number of ether oxygens (including phenoxy) is 2. The van der Waals surface area contributed by atoms with Crippen LogP contribution in [0, 0.1) is 0 Å². The molecule has 1 saturated heterocycles. The Hall–Kier alpha value is -2.33. The minimum atomic E-state index is -4.66. The molecule has 1 aliphatic rings. The first-order chi connectivity index (χ1) is 13.1. The summed E-state index contributed by atoms with van der Waals surface area (Å²) < 4.78 is 51.0. The number of hydrogen-bond donors (Lipinski definition) is 1. The SMILES string of the molecule is COC[C@@](C)(C=O)Oc1c(CN2CCN(C(=O)O)CC2)cccc1C(F)(F)F. The van der Waals surface area contributed by atoms with Crippen molar-refractivity contribution in [2.75, 3.05) is 39.9 Å². The van der Waals surface area contributed by atoms with Crippen molar-refractivity contribution in [3.8, 4) is 5.75 Å². The number of aldehydes is 1. The van der Waals surface area contributed by atoms with Gasteiger partial charge in [0.25, 0.3) is 0 Å². The van der Waals surface area contributed by atoms with E-state index in [4.69, 9.17) is 14.6 Å². The molecule has 7 nitrogen and oxygen atoms in total. The van der Waals surface area contributed by atoms with Gasteiger partial charge in [0.2, 0.25) is 0 Å². The second-order valence-electron chi connectivity index (χ2n) is 6.80. The van der Waals surface area contributed by atoms with Crippen LogP contribution in [0.2, 0.25) is 0 Å². The number of halogens is 3. The van der Waals surface area contributed by atoms with Crippen LogP contribution in [-0.4, -0.2) is 72.8 Å². The summed E-state index contributed by atoms with van der Waals surface area (Å²) in [5.41, 5.74) is -2.28. The zero-order valence-electron chi connectivity index (χ0n) is 15.7. The number of carbonyl (C=O) groups excluding carboxylic acids is 1. The number of hydrogen-bond acceptors (Lipinski definition) is 5. The molecule has 0 bridgehead atoms. The van der Waals surface area contributed by atoms with Gasteiger partial charge in [-0.2, -0.15) is 13.2 Å². The van der Waals surface area contributed by atoms with E-state index in [1.54, 1.807) is 0 Å². The van der Waals surface area contributed by atoms with Gasteiger partial charge < -0.3 is 19.5 Å². The molecule has 0 aromatic heterocycles. The average molecular weight is 404 g/mol. The Morgan fingerprint density at radius 2 is 1.89 bits per heavy atom. The lowest BCUT2D eigenvalue weighted by Crippen LogP contribution is -2.48. The topological polar surface area (TPSA) is 79.3 Å². The number of amides is 1. The summed E-state index contributed by atoms with van der Waals surface area (Å²) in [6, 6.07) is 3.69. The fraction of sp³-hybridized carbons (Fsp3) is 0.556. The molecule has 0 saturated carbocycles. The smallest absolute Gasteiger partial charge is 0.419 e. The molecule has 1 heterocycles. The van der Waals surface area contributed by atoms with E-state index in [9.17, 15) is 22.8 Å². The highest BCUT2D eigenvalue weighted by Gasteiger charge is 2.38. The van der Waals surface area contributed by atoms with Gasteiger partial charge in [0.05, 0.1) is 12.2 Å². The normalized spacial score (nSPS) is 17.8. The van der Waals surface area contributed by atoms with Crippen molar-refractivity contribution in [3.05, 3.63) is 29.3 Å². The quantitative estimate of drug-likeness (QED) is 0.704. The van der Waals surface area contributed by atoms with Crippen molar-refractivity contribution in [2.24, 2.45) is 0 Å². The van der Waals surface area contributed by atoms with E-state index < -0.39 is 29.2 Å². The van der Waals surface area contributed by atoms with Gasteiger partial charge in [0.1, 0.15) is 5.75 Å². The molecule has 156 valence electrons. The fourth-order valence-electron chi connectivity index (χ4n) is 3.00. The Morgan fingerprint density at radius 1 is 1.25 bits per heavy atom. The maximum absolute atomic E-state index is 13.5. The third-order valence-electron chi connectivity index (χ3n) is 4.45. The second kappa shape index (κ2) is 8.78. The van der Waals surface area contributed by atoms with Crippen molar-refractivity contribution in [1.29, 1.82) is 0 Å². The summed E-state index contributed by atoms with van der Waals surface area (Å²) in [5.74, 6) is -0.415. The Labute approximate surface area is 160 Å². The van der Waals surface area contributed by atoms with Gasteiger partial charge in [-0.3, -0.25) is 9.69 Å². The monoisotopic (exact) mass is 404 g/mol. The minimum Gasteiger partial charge on any atom is -0.477 e. The highest BCUT2D eigenvalue weighted by molar-refractivity contribution is 5.65. The van der Waals surface area contributed by atoms with Crippen LogP contribution < -0.4 is 4.74 Å². The lowest BCUT2D eigenvalue weighted by molar-refractivity contribution is -0.142. The van der Waals surface area contributed by atoms with Crippen molar-refractivity contribution in [1.82, 2.24) is 9.80 Å². The van der Waals surface area contributed by atoms with Gasteiger partial charge in [-0.05, 0) is 13.0 Å². The first-order valence-corrected chi connectivity index (χ1v) is 8.63. The van der Waals surface area contributed by atoms with Gasteiger partial charge in [0.15, 0.2) is 11.9 Å². The molecule has 1 fully saturated rings. The van der Waals surface area contributed by atoms with Crippen molar-refractivity contribution >= 4 is 12.4 Å². The Kier molecular flexibility index (Phi) is 6.89. The molecule has 0 aliphatic carbocycles. The summed E-state index contributed by atoms with van der Waals surface area (Å²) in [5, 5.41) is 9.01. The number of carbonyl (C=O) groups is 2. The number of carboxylic acid groups (broad SMARTS) is 1. The molecule has 1 atom stereocenters. The predicted molar refractivity (Wildman–Crippen MR) is 93.3 cm³/mol. The lowest BCUT2D eigenvalue weighted by Gasteiger charge is -2.34. The number of nitrogens with zero attached hydrogens (tertiary/aromatic N) is 2. The molecule has 2 rings (SSSR count). The maximum atomic E-state index is 13.5. The molecule has 1 aliphatic heterocycles. The van der Waals surface area contributed by atoms with E-state index >= 15 is 0 Å². The van der Waals surface area contributed by atoms with E-state index in [0.29, 0.717) is 19.4 Å². The third kappa shape index (κ3) is 5.35. The Balaban J connectivity index is 2.31. The summed E-state index contributed by atoms with van der Waals surface area (Å²) in [6.45, 7) is 2.57. The van der Waals surface area contributed by atoms with Gasteiger partial charge in [-0.25, -0.2) is 4.79 Å². The maximum Gasteiger partial charge on any atom is 0.419 e. The zero-order chi connectivity index (χ0) is 20.9. The first-order valence-electron chi connectivity index (χ1n) is 8.63. The van der Waals surface area contributed by atoms with E-state index in [1.807, 2.05) is 4.90 Å². The fourth-order valence-corrected chi connectivity index (χ4v) is 3.00. The molecule has 1 amide bonds. The van der Waals surface area contributed by atoms with Crippen LogP contribution in [-0.2, 0) is 22.3 Å². The van der Waals surface area contributed by atoms with Gasteiger partial charge in [-0.1, -0.05) is 12.1 Å². The molecule has 28 heavy (non-hydrogen) atoms. The van der Waals surface area contributed by atoms with Crippen LogP contribution in [0.5, 0.6) is 5.75 Å². The summed E-state index contributed by atoms with van der Waals surface area (Å²) >= 11 is 0. The van der Waals surface area contributed by atoms with Crippen LogP contribution in [0.1, 0.15) is 18.1 Å². The number of piperazine rings is 1. The largest absolute Gasteiger partial charge is 0.477 e. The summed E-state index contributed by atoms with van der Waals surface area (Å²) in [4.78, 5) is 25.5. The van der Waals surface area contributed by atoms with Crippen molar-refractivity contribution in [2.45, 2.75) is 25.2 Å². The number of alkyl halides is 3. The number of methoxy groups -OCH3 is 1. The summed E-state index contributed by atoms with van der Waals surface area (Å²) in [6.07, 6.45) is -5.27. The van der Waals surface area contributed by atoms with Gasteiger partial charge >= 0.3 is 12.3 Å². The average Bonchev–Trinajstić information content (AvgIpc) is 2.63. The molecule has 1 N–H and O–H groups in total. The minimum absolute atomic E-state index is 0.134. The number of rotatable bonds is 7. The molecule has 10 heteroatoms.